The Morgan fingerprint density at radius 3 is 2.72 bits per heavy atom. The second-order valence-corrected chi connectivity index (χ2v) is 5.77. The van der Waals surface area contributed by atoms with Crippen LogP contribution in [0.3, 0.4) is 0 Å². The summed E-state index contributed by atoms with van der Waals surface area (Å²) in [5, 5.41) is 12.7. The number of halogens is 1. The van der Waals surface area contributed by atoms with Gasteiger partial charge in [0.15, 0.2) is 0 Å². The highest BCUT2D eigenvalue weighted by Gasteiger charge is 2.11. The highest BCUT2D eigenvalue weighted by molar-refractivity contribution is 6.33. The molecule has 128 valence electrons. The predicted molar refractivity (Wildman–Crippen MR) is 96.3 cm³/mol. The summed E-state index contributed by atoms with van der Waals surface area (Å²) in [6.07, 6.45) is 3.15. The van der Waals surface area contributed by atoms with Crippen molar-refractivity contribution in [2.24, 2.45) is 0 Å². The minimum atomic E-state index is -1.02. The number of anilines is 1. The van der Waals surface area contributed by atoms with Gasteiger partial charge in [0.1, 0.15) is 17.3 Å². The molecule has 0 unspecified atom stereocenters. The monoisotopic (exact) mass is 357 g/mol. The van der Waals surface area contributed by atoms with Crippen LogP contribution < -0.4 is 10.1 Å². The molecule has 0 aliphatic heterocycles. The number of aromatic amines is 1. The molecular formula is C18H16ClN3O3. The molecule has 0 atom stereocenters. The number of H-pyrrole nitrogens is 1. The van der Waals surface area contributed by atoms with Gasteiger partial charge in [-0.1, -0.05) is 23.7 Å². The first-order valence-corrected chi connectivity index (χ1v) is 7.89. The molecule has 0 amide bonds. The summed E-state index contributed by atoms with van der Waals surface area (Å²) < 4.78 is 5.14. The van der Waals surface area contributed by atoms with Gasteiger partial charge in [0.05, 0.1) is 12.1 Å². The predicted octanol–water partition coefficient (Wildman–Crippen LogP) is 4.05. The van der Waals surface area contributed by atoms with Gasteiger partial charge in [0.25, 0.3) is 0 Å². The average Bonchev–Trinajstić information content (AvgIpc) is 3.11. The first kappa shape index (κ1) is 16.9. The van der Waals surface area contributed by atoms with Crippen LogP contribution in [0.15, 0.2) is 48.8 Å². The van der Waals surface area contributed by atoms with Crippen LogP contribution in [0, 0.1) is 0 Å². The number of pyridine rings is 1. The third-order valence-corrected chi connectivity index (χ3v) is 4.01. The van der Waals surface area contributed by atoms with Crippen LogP contribution in [0.5, 0.6) is 5.75 Å². The highest BCUT2D eigenvalue weighted by atomic mass is 35.5. The number of benzene rings is 1. The Balaban J connectivity index is 1.77. The Morgan fingerprint density at radius 1 is 1.32 bits per heavy atom. The Labute approximate surface area is 149 Å². The maximum absolute atomic E-state index is 11.0. The molecule has 3 aromatic rings. The number of hydrogen-bond donors (Lipinski definition) is 3. The lowest BCUT2D eigenvalue weighted by atomic mass is 10.1. The van der Waals surface area contributed by atoms with E-state index in [0.717, 1.165) is 11.3 Å². The van der Waals surface area contributed by atoms with Gasteiger partial charge in [0, 0.05) is 30.1 Å². The number of ether oxygens (including phenoxy) is 1. The Hall–Kier alpha value is -2.99. The Morgan fingerprint density at radius 2 is 2.08 bits per heavy atom. The van der Waals surface area contributed by atoms with Gasteiger partial charge >= 0.3 is 5.97 Å². The molecule has 7 heteroatoms. The third kappa shape index (κ3) is 3.92. The first-order valence-electron chi connectivity index (χ1n) is 7.51. The number of aromatic nitrogens is 2. The van der Waals surface area contributed by atoms with Crippen molar-refractivity contribution in [2.45, 2.75) is 6.54 Å². The molecule has 2 heterocycles. The van der Waals surface area contributed by atoms with E-state index in [1.165, 1.54) is 6.07 Å². The van der Waals surface area contributed by atoms with E-state index >= 15 is 0 Å². The SMILES string of the molecule is COc1ccc(CNc2cc(-c3c[nH]c(C(=O)O)c3)c(Cl)cn2)cc1. The Kier molecular flexibility index (Phi) is 4.90. The van der Waals surface area contributed by atoms with Gasteiger partial charge in [-0.05, 0) is 29.8 Å². The molecule has 2 aromatic heterocycles. The number of aromatic carboxylic acids is 1. The summed E-state index contributed by atoms with van der Waals surface area (Å²) in [5.41, 5.74) is 2.58. The molecule has 0 aliphatic carbocycles. The molecule has 3 rings (SSSR count). The van der Waals surface area contributed by atoms with Crippen molar-refractivity contribution in [3.05, 3.63) is 65.1 Å². The molecule has 0 spiro atoms. The zero-order chi connectivity index (χ0) is 17.8. The fourth-order valence-electron chi connectivity index (χ4n) is 2.37. The van der Waals surface area contributed by atoms with Crippen molar-refractivity contribution < 1.29 is 14.6 Å². The number of rotatable bonds is 6. The van der Waals surface area contributed by atoms with E-state index in [4.69, 9.17) is 21.4 Å². The van der Waals surface area contributed by atoms with E-state index in [1.807, 2.05) is 24.3 Å². The quantitative estimate of drug-likeness (QED) is 0.619. The van der Waals surface area contributed by atoms with Crippen molar-refractivity contribution in [1.82, 2.24) is 9.97 Å². The van der Waals surface area contributed by atoms with Crippen molar-refractivity contribution in [1.29, 1.82) is 0 Å². The number of hydrogen-bond acceptors (Lipinski definition) is 4. The van der Waals surface area contributed by atoms with Crippen LogP contribution in [0.1, 0.15) is 16.1 Å². The smallest absolute Gasteiger partial charge is 0.352 e. The normalized spacial score (nSPS) is 10.5. The van der Waals surface area contributed by atoms with Crippen LogP contribution in [-0.4, -0.2) is 28.2 Å². The maximum Gasteiger partial charge on any atom is 0.352 e. The lowest BCUT2D eigenvalue weighted by Gasteiger charge is -2.09. The molecule has 3 N–H and O–H groups in total. The van der Waals surface area contributed by atoms with E-state index in [9.17, 15) is 4.79 Å². The molecule has 1 aromatic carbocycles. The molecule has 0 aliphatic rings. The second-order valence-electron chi connectivity index (χ2n) is 5.36. The van der Waals surface area contributed by atoms with Crippen LogP contribution in [0.4, 0.5) is 5.82 Å². The average molecular weight is 358 g/mol. The van der Waals surface area contributed by atoms with Crippen molar-refractivity contribution in [3.63, 3.8) is 0 Å². The number of carboxylic acids is 1. The third-order valence-electron chi connectivity index (χ3n) is 3.71. The van der Waals surface area contributed by atoms with Gasteiger partial charge in [-0.2, -0.15) is 0 Å². The molecule has 25 heavy (non-hydrogen) atoms. The van der Waals surface area contributed by atoms with Crippen molar-refractivity contribution in [2.75, 3.05) is 12.4 Å². The summed E-state index contributed by atoms with van der Waals surface area (Å²) in [4.78, 5) is 18.0. The summed E-state index contributed by atoms with van der Waals surface area (Å²) in [6.45, 7) is 0.589. The lowest BCUT2D eigenvalue weighted by molar-refractivity contribution is 0.0691. The minimum absolute atomic E-state index is 0.107. The van der Waals surface area contributed by atoms with E-state index in [1.54, 1.807) is 25.6 Å². The first-order chi connectivity index (χ1) is 12.1. The minimum Gasteiger partial charge on any atom is -0.497 e. The van der Waals surface area contributed by atoms with Crippen LogP contribution in [-0.2, 0) is 6.54 Å². The highest BCUT2D eigenvalue weighted by Crippen LogP contribution is 2.30. The molecule has 0 bridgehead atoms. The molecule has 0 saturated heterocycles. The number of nitrogens with zero attached hydrogens (tertiary/aromatic N) is 1. The lowest BCUT2D eigenvalue weighted by Crippen LogP contribution is -2.01. The van der Waals surface area contributed by atoms with Gasteiger partial charge in [-0.3, -0.25) is 0 Å². The zero-order valence-electron chi connectivity index (χ0n) is 13.4. The van der Waals surface area contributed by atoms with Crippen molar-refractivity contribution >= 4 is 23.4 Å². The molecule has 6 nitrogen and oxygen atoms in total. The summed E-state index contributed by atoms with van der Waals surface area (Å²) >= 11 is 6.20. The van der Waals surface area contributed by atoms with Gasteiger partial charge in [-0.25, -0.2) is 9.78 Å². The summed E-state index contributed by atoms with van der Waals surface area (Å²) in [5.74, 6) is 0.430. The zero-order valence-corrected chi connectivity index (χ0v) is 14.2. The van der Waals surface area contributed by atoms with E-state index in [2.05, 4.69) is 15.3 Å². The Bertz CT molecular complexity index is 891. The molecular weight excluding hydrogens is 342 g/mol. The van der Waals surface area contributed by atoms with Gasteiger partial charge in [-0.15, -0.1) is 0 Å². The molecule has 0 fully saturated rings. The standard InChI is InChI=1S/C18H16ClN3O3/c1-25-13-4-2-11(3-5-13)8-21-17-7-14(15(19)10-22-17)12-6-16(18(23)24)20-9-12/h2-7,9-10,20H,8H2,1H3,(H,21,22)(H,23,24). The van der Waals surface area contributed by atoms with Crippen LogP contribution in [0.2, 0.25) is 5.02 Å². The largest absolute Gasteiger partial charge is 0.497 e. The van der Waals surface area contributed by atoms with Crippen LogP contribution >= 0.6 is 11.6 Å². The van der Waals surface area contributed by atoms with Crippen LogP contribution in [0.25, 0.3) is 11.1 Å². The van der Waals surface area contributed by atoms with Crippen molar-refractivity contribution in [3.8, 4) is 16.9 Å². The number of carbonyl (C=O) groups is 1. The summed E-state index contributed by atoms with van der Waals surface area (Å²) in [6, 6.07) is 11.1. The topological polar surface area (TPSA) is 87.2 Å². The molecule has 0 saturated carbocycles. The fraction of sp³-hybridized carbons (Fsp3) is 0.111. The summed E-state index contributed by atoms with van der Waals surface area (Å²) in [7, 11) is 1.63. The van der Waals surface area contributed by atoms with Gasteiger partial charge in [0.2, 0.25) is 0 Å². The van der Waals surface area contributed by atoms with E-state index in [-0.39, 0.29) is 5.69 Å². The van der Waals surface area contributed by atoms with Gasteiger partial charge < -0.3 is 20.1 Å². The van der Waals surface area contributed by atoms with E-state index in [0.29, 0.717) is 28.5 Å². The number of methoxy groups -OCH3 is 1. The number of carboxylic acid groups (broad SMARTS) is 1. The number of nitrogens with one attached hydrogen (secondary N) is 2. The fourth-order valence-corrected chi connectivity index (χ4v) is 2.58. The van der Waals surface area contributed by atoms with E-state index < -0.39 is 5.97 Å². The molecule has 0 radical (unpaired) electrons. The second kappa shape index (κ2) is 7.27. The maximum atomic E-state index is 11.0.